The lowest BCUT2D eigenvalue weighted by Gasteiger charge is -2.05. The lowest BCUT2D eigenvalue weighted by molar-refractivity contribution is 0.0954. The Morgan fingerprint density at radius 2 is 1.81 bits per heavy atom. The molecule has 0 radical (unpaired) electrons. The van der Waals surface area contributed by atoms with Gasteiger partial charge in [0.1, 0.15) is 0 Å². The molecule has 0 atom stereocenters. The van der Waals surface area contributed by atoms with Crippen LogP contribution in [-0.4, -0.2) is 25.5 Å². The number of nitrogens with one attached hydrogen (secondary N) is 2. The lowest BCUT2D eigenvalue weighted by Crippen LogP contribution is -2.32. The Hall–Kier alpha value is -1.06. The maximum Gasteiger partial charge on any atom is 0.251 e. The van der Waals surface area contributed by atoms with E-state index in [-0.39, 0.29) is 18.3 Å². The van der Waals surface area contributed by atoms with Crippen molar-refractivity contribution in [1.82, 2.24) is 10.6 Å². The van der Waals surface area contributed by atoms with Crippen molar-refractivity contribution >= 4 is 18.3 Å². The maximum atomic E-state index is 11.5. The Morgan fingerprint density at radius 1 is 1.12 bits per heavy atom. The number of rotatable bonds is 6. The summed E-state index contributed by atoms with van der Waals surface area (Å²) in [6, 6.07) is 9.26. The molecule has 0 aliphatic heterocycles. The SMILES string of the molecule is CCCNCCNC(=O)c1ccccc1.Cl. The van der Waals surface area contributed by atoms with Gasteiger partial charge in [-0.3, -0.25) is 4.79 Å². The Labute approximate surface area is 103 Å². The second-order valence-electron chi connectivity index (χ2n) is 3.37. The van der Waals surface area contributed by atoms with E-state index >= 15 is 0 Å². The molecule has 1 amide bonds. The lowest BCUT2D eigenvalue weighted by atomic mass is 10.2. The van der Waals surface area contributed by atoms with Gasteiger partial charge in [0.05, 0.1) is 0 Å². The van der Waals surface area contributed by atoms with Crippen molar-refractivity contribution in [3.63, 3.8) is 0 Å². The molecule has 0 spiro atoms. The van der Waals surface area contributed by atoms with Crippen LogP contribution in [0.4, 0.5) is 0 Å². The number of hydrogen-bond acceptors (Lipinski definition) is 2. The molecule has 0 saturated heterocycles. The second kappa shape index (κ2) is 9.19. The summed E-state index contributed by atoms with van der Waals surface area (Å²) in [6.07, 6.45) is 1.12. The third-order valence-corrected chi connectivity index (χ3v) is 2.05. The minimum Gasteiger partial charge on any atom is -0.351 e. The second-order valence-corrected chi connectivity index (χ2v) is 3.37. The molecule has 4 heteroatoms. The van der Waals surface area contributed by atoms with Crippen molar-refractivity contribution in [1.29, 1.82) is 0 Å². The molecule has 3 nitrogen and oxygen atoms in total. The average molecular weight is 243 g/mol. The topological polar surface area (TPSA) is 41.1 Å². The first kappa shape index (κ1) is 14.9. The van der Waals surface area contributed by atoms with Crippen molar-refractivity contribution in [3.05, 3.63) is 35.9 Å². The highest BCUT2D eigenvalue weighted by atomic mass is 35.5. The van der Waals surface area contributed by atoms with E-state index in [1.54, 1.807) is 0 Å². The molecule has 0 fully saturated rings. The van der Waals surface area contributed by atoms with Gasteiger partial charge in [-0.2, -0.15) is 0 Å². The number of carbonyl (C=O) groups excluding carboxylic acids is 1. The molecule has 1 rings (SSSR count). The highest BCUT2D eigenvalue weighted by molar-refractivity contribution is 5.94. The monoisotopic (exact) mass is 242 g/mol. The molecule has 16 heavy (non-hydrogen) atoms. The van der Waals surface area contributed by atoms with E-state index in [9.17, 15) is 4.79 Å². The van der Waals surface area contributed by atoms with Crippen LogP contribution in [0.1, 0.15) is 23.7 Å². The standard InChI is InChI=1S/C12H18N2O.ClH/c1-2-8-13-9-10-14-12(15)11-6-4-3-5-7-11;/h3-7,13H,2,8-10H2,1H3,(H,14,15);1H. The fourth-order valence-corrected chi connectivity index (χ4v) is 1.26. The predicted octanol–water partition coefficient (Wildman–Crippen LogP) is 1.84. The van der Waals surface area contributed by atoms with Crippen molar-refractivity contribution in [2.75, 3.05) is 19.6 Å². The third-order valence-electron chi connectivity index (χ3n) is 2.05. The summed E-state index contributed by atoms with van der Waals surface area (Å²) in [4.78, 5) is 11.5. The van der Waals surface area contributed by atoms with Gasteiger partial charge < -0.3 is 10.6 Å². The molecule has 0 unspecified atom stereocenters. The summed E-state index contributed by atoms with van der Waals surface area (Å²) in [5.74, 6) is -0.00565. The van der Waals surface area contributed by atoms with Gasteiger partial charge in [0.15, 0.2) is 0 Å². The van der Waals surface area contributed by atoms with Crippen LogP contribution in [-0.2, 0) is 0 Å². The number of amides is 1. The van der Waals surface area contributed by atoms with Crippen molar-refractivity contribution in [2.45, 2.75) is 13.3 Å². The zero-order chi connectivity index (χ0) is 10.9. The van der Waals surface area contributed by atoms with Crippen LogP contribution in [0.25, 0.3) is 0 Å². The van der Waals surface area contributed by atoms with E-state index in [4.69, 9.17) is 0 Å². The smallest absolute Gasteiger partial charge is 0.251 e. The van der Waals surface area contributed by atoms with Gasteiger partial charge in [0.2, 0.25) is 0 Å². The first-order valence-corrected chi connectivity index (χ1v) is 5.38. The molecule has 2 N–H and O–H groups in total. The van der Waals surface area contributed by atoms with Crippen LogP contribution in [0.3, 0.4) is 0 Å². The van der Waals surface area contributed by atoms with E-state index in [0.717, 1.165) is 19.5 Å². The summed E-state index contributed by atoms with van der Waals surface area (Å²) in [7, 11) is 0. The summed E-state index contributed by atoms with van der Waals surface area (Å²) in [6.45, 7) is 4.62. The Balaban J connectivity index is 0.00000225. The van der Waals surface area contributed by atoms with Crippen LogP contribution in [0, 0.1) is 0 Å². The fourth-order valence-electron chi connectivity index (χ4n) is 1.26. The number of hydrogen-bond donors (Lipinski definition) is 2. The normalized spacial score (nSPS) is 9.31. The summed E-state index contributed by atoms with van der Waals surface area (Å²) < 4.78 is 0. The highest BCUT2D eigenvalue weighted by Crippen LogP contribution is 1.96. The molecular formula is C12H19ClN2O. The zero-order valence-electron chi connectivity index (χ0n) is 9.53. The average Bonchev–Trinajstić information content (AvgIpc) is 2.30. The fraction of sp³-hybridized carbons (Fsp3) is 0.417. The zero-order valence-corrected chi connectivity index (χ0v) is 10.3. The summed E-state index contributed by atoms with van der Waals surface area (Å²) >= 11 is 0. The molecule has 0 aliphatic carbocycles. The quantitative estimate of drug-likeness (QED) is 0.748. The molecule has 90 valence electrons. The van der Waals surface area contributed by atoms with Crippen LogP contribution >= 0.6 is 12.4 Å². The van der Waals surface area contributed by atoms with E-state index in [1.165, 1.54) is 0 Å². The van der Waals surface area contributed by atoms with Crippen LogP contribution in [0.2, 0.25) is 0 Å². The summed E-state index contributed by atoms with van der Waals surface area (Å²) in [5.41, 5.74) is 0.716. The van der Waals surface area contributed by atoms with Gasteiger partial charge in [-0.05, 0) is 25.1 Å². The third kappa shape index (κ3) is 5.73. The van der Waals surface area contributed by atoms with Crippen molar-refractivity contribution < 1.29 is 4.79 Å². The van der Waals surface area contributed by atoms with Gasteiger partial charge in [-0.25, -0.2) is 0 Å². The molecule has 1 aromatic carbocycles. The van der Waals surface area contributed by atoms with E-state index in [0.29, 0.717) is 12.1 Å². The van der Waals surface area contributed by atoms with Crippen LogP contribution < -0.4 is 10.6 Å². The van der Waals surface area contributed by atoms with Gasteiger partial charge in [-0.1, -0.05) is 25.1 Å². The molecule has 0 aliphatic rings. The molecule has 0 saturated carbocycles. The van der Waals surface area contributed by atoms with E-state index < -0.39 is 0 Å². The number of carbonyl (C=O) groups is 1. The largest absolute Gasteiger partial charge is 0.351 e. The Morgan fingerprint density at radius 3 is 2.44 bits per heavy atom. The van der Waals surface area contributed by atoms with Gasteiger partial charge in [-0.15, -0.1) is 12.4 Å². The number of benzene rings is 1. The van der Waals surface area contributed by atoms with E-state index in [1.807, 2.05) is 30.3 Å². The molecule has 0 heterocycles. The molecule has 0 bridgehead atoms. The van der Waals surface area contributed by atoms with Crippen LogP contribution in [0.5, 0.6) is 0 Å². The van der Waals surface area contributed by atoms with Gasteiger partial charge in [0.25, 0.3) is 5.91 Å². The Kier molecular flexibility index (Phi) is 8.58. The first-order chi connectivity index (χ1) is 7.34. The minimum absolute atomic E-state index is 0. The summed E-state index contributed by atoms with van der Waals surface area (Å²) in [5, 5.41) is 6.08. The van der Waals surface area contributed by atoms with Gasteiger partial charge >= 0.3 is 0 Å². The van der Waals surface area contributed by atoms with Crippen molar-refractivity contribution in [3.8, 4) is 0 Å². The van der Waals surface area contributed by atoms with E-state index in [2.05, 4.69) is 17.6 Å². The molecule has 0 aromatic heterocycles. The van der Waals surface area contributed by atoms with Gasteiger partial charge in [0, 0.05) is 18.7 Å². The first-order valence-electron chi connectivity index (χ1n) is 5.38. The highest BCUT2D eigenvalue weighted by Gasteiger charge is 2.01. The van der Waals surface area contributed by atoms with Crippen LogP contribution in [0.15, 0.2) is 30.3 Å². The number of halogens is 1. The Bertz CT molecular complexity index is 290. The molecular weight excluding hydrogens is 224 g/mol. The maximum absolute atomic E-state index is 11.5. The van der Waals surface area contributed by atoms with Crippen molar-refractivity contribution in [2.24, 2.45) is 0 Å². The minimum atomic E-state index is -0.00565. The molecule has 1 aromatic rings. The predicted molar refractivity (Wildman–Crippen MR) is 69.2 cm³/mol.